The van der Waals surface area contributed by atoms with Gasteiger partial charge >= 0.3 is 0 Å². The van der Waals surface area contributed by atoms with Crippen molar-refractivity contribution in [2.75, 3.05) is 35.5 Å². The third kappa shape index (κ3) is 3.71. The van der Waals surface area contributed by atoms with Crippen molar-refractivity contribution in [3.05, 3.63) is 54.4 Å². The van der Waals surface area contributed by atoms with Gasteiger partial charge in [0, 0.05) is 42.9 Å². The number of anilines is 2. The highest BCUT2D eigenvalue weighted by Crippen LogP contribution is 2.38. The molecular formula is C23H24N4O4S. The van der Waals surface area contributed by atoms with E-state index in [1.54, 1.807) is 49.6 Å². The van der Waals surface area contributed by atoms with Crippen LogP contribution in [0.3, 0.4) is 0 Å². The number of aromatic nitrogens is 2. The Hall–Kier alpha value is -3.04. The molecular weight excluding hydrogens is 428 g/mol. The number of ether oxygens (including phenoxy) is 1. The Balaban J connectivity index is 1.66. The number of amides is 1. The molecule has 2 fully saturated rings. The topological polar surface area (TPSA) is 92.7 Å². The number of sulfonamides is 1. The molecule has 2 aromatic heterocycles. The van der Waals surface area contributed by atoms with Crippen LogP contribution in [-0.4, -0.2) is 50.6 Å². The highest BCUT2D eigenvalue weighted by Gasteiger charge is 2.41. The van der Waals surface area contributed by atoms with Crippen LogP contribution in [-0.2, 0) is 19.6 Å². The van der Waals surface area contributed by atoms with Gasteiger partial charge in [-0.3, -0.25) is 9.78 Å². The van der Waals surface area contributed by atoms with Gasteiger partial charge in [0.25, 0.3) is 10.0 Å². The van der Waals surface area contributed by atoms with E-state index in [2.05, 4.69) is 9.97 Å². The van der Waals surface area contributed by atoms with E-state index < -0.39 is 15.9 Å². The second kappa shape index (κ2) is 8.14. The van der Waals surface area contributed by atoms with Crippen molar-refractivity contribution < 1.29 is 17.9 Å². The van der Waals surface area contributed by atoms with Gasteiger partial charge in [0.15, 0.2) is 0 Å². The first-order valence-electron chi connectivity index (χ1n) is 10.7. The van der Waals surface area contributed by atoms with Gasteiger partial charge < -0.3 is 9.64 Å². The fourth-order valence-electron chi connectivity index (χ4n) is 3.95. The number of carbonyl (C=O) groups is 1. The summed E-state index contributed by atoms with van der Waals surface area (Å²) in [6.45, 7) is 4.26. The van der Waals surface area contributed by atoms with Crippen molar-refractivity contribution >= 4 is 38.3 Å². The summed E-state index contributed by atoms with van der Waals surface area (Å²) in [5, 5.41) is 0.490. The van der Waals surface area contributed by atoms with E-state index in [0.717, 1.165) is 4.31 Å². The number of carbonyl (C=O) groups excluding carboxylic acids is 1. The van der Waals surface area contributed by atoms with Gasteiger partial charge in [-0.25, -0.2) is 17.7 Å². The maximum atomic E-state index is 14.0. The van der Waals surface area contributed by atoms with Gasteiger partial charge in [-0.15, -0.1) is 0 Å². The molecule has 3 aromatic rings. The van der Waals surface area contributed by atoms with Crippen molar-refractivity contribution in [2.45, 2.75) is 24.7 Å². The SMILES string of the molecule is Cc1cnc(N2CCOCC2)cc1N(C(=O)C1CC1)S(=O)(=O)c1cccc2ncccc12. The second-order valence-electron chi connectivity index (χ2n) is 8.14. The van der Waals surface area contributed by atoms with E-state index in [1.807, 2.05) is 4.90 Å². The summed E-state index contributed by atoms with van der Waals surface area (Å²) in [4.78, 5) is 24.3. The normalized spacial score (nSPS) is 16.8. The number of hydrogen-bond donors (Lipinski definition) is 0. The van der Waals surface area contributed by atoms with Crippen LogP contribution in [0.1, 0.15) is 18.4 Å². The number of hydrogen-bond acceptors (Lipinski definition) is 7. The summed E-state index contributed by atoms with van der Waals surface area (Å²) in [6.07, 6.45) is 4.64. The van der Waals surface area contributed by atoms with E-state index in [1.165, 1.54) is 6.07 Å². The van der Waals surface area contributed by atoms with Crippen LogP contribution < -0.4 is 9.21 Å². The molecule has 9 heteroatoms. The number of benzene rings is 1. The lowest BCUT2D eigenvalue weighted by atomic mass is 10.2. The Morgan fingerprint density at radius 3 is 2.66 bits per heavy atom. The van der Waals surface area contributed by atoms with Crippen molar-refractivity contribution in [3.8, 4) is 0 Å². The van der Waals surface area contributed by atoms with Crippen molar-refractivity contribution in [2.24, 2.45) is 5.92 Å². The predicted octanol–water partition coefficient (Wildman–Crippen LogP) is 2.91. The zero-order valence-electron chi connectivity index (χ0n) is 17.8. The molecule has 0 bridgehead atoms. The molecule has 0 N–H and O–H groups in total. The summed E-state index contributed by atoms with van der Waals surface area (Å²) in [7, 11) is -4.18. The lowest BCUT2D eigenvalue weighted by Gasteiger charge is -2.30. The van der Waals surface area contributed by atoms with Crippen LogP contribution in [0.15, 0.2) is 53.7 Å². The van der Waals surface area contributed by atoms with Crippen LogP contribution in [0.2, 0.25) is 0 Å². The Kier molecular flexibility index (Phi) is 5.30. The molecule has 1 aliphatic heterocycles. The molecule has 32 heavy (non-hydrogen) atoms. The highest BCUT2D eigenvalue weighted by molar-refractivity contribution is 7.93. The van der Waals surface area contributed by atoms with E-state index in [0.29, 0.717) is 67.1 Å². The zero-order valence-corrected chi connectivity index (χ0v) is 18.6. The molecule has 0 unspecified atom stereocenters. The summed E-state index contributed by atoms with van der Waals surface area (Å²) in [6, 6.07) is 10.1. The molecule has 0 atom stereocenters. The number of fused-ring (bicyclic) bond motifs is 1. The fourth-order valence-corrected chi connectivity index (χ4v) is 5.69. The first kappa shape index (κ1) is 20.8. The first-order valence-corrected chi connectivity index (χ1v) is 12.1. The zero-order chi connectivity index (χ0) is 22.3. The first-order chi connectivity index (χ1) is 15.5. The van der Waals surface area contributed by atoms with Gasteiger partial charge in [-0.1, -0.05) is 6.07 Å². The lowest BCUT2D eigenvalue weighted by molar-refractivity contribution is -0.118. The molecule has 1 saturated heterocycles. The Bertz CT molecular complexity index is 1280. The van der Waals surface area contributed by atoms with Crippen LogP contribution in [0.4, 0.5) is 11.5 Å². The monoisotopic (exact) mass is 452 g/mol. The molecule has 8 nitrogen and oxygen atoms in total. The average Bonchev–Trinajstić information content (AvgIpc) is 3.66. The predicted molar refractivity (Wildman–Crippen MR) is 121 cm³/mol. The van der Waals surface area contributed by atoms with Crippen LogP contribution in [0.25, 0.3) is 10.9 Å². The summed E-state index contributed by atoms with van der Waals surface area (Å²) in [5.41, 5.74) is 1.53. The van der Waals surface area contributed by atoms with Crippen LogP contribution in [0.5, 0.6) is 0 Å². The molecule has 0 spiro atoms. The number of pyridine rings is 2. The Labute approximate surface area is 186 Å². The summed E-state index contributed by atoms with van der Waals surface area (Å²) >= 11 is 0. The van der Waals surface area contributed by atoms with Crippen molar-refractivity contribution in [1.29, 1.82) is 0 Å². The standard InChI is InChI=1S/C23H24N4O4S/c1-16-15-25-22(26-10-12-31-13-11-26)14-20(16)27(23(28)17-7-8-17)32(29,30)21-6-2-5-19-18(21)4-3-9-24-19/h2-6,9,14-15,17H,7-8,10-13H2,1H3. The van der Waals surface area contributed by atoms with E-state index in [4.69, 9.17) is 4.74 Å². The van der Waals surface area contributed by atoms with E-state index in [9.17, 15) is 13.2 Å². The molecule has 166 valence electrons. The molecule has 1 saturated carbocycles. The number of nitrogens with zero attached hydrogens (tertiary/aromatic N) is 4. The van der Waals surface area contributed by atoms with Crippen LogP contribution in [0, 0.1) is 12.8 Å². The maximum Gasteiger partial charge on any atom is 0.271 e. The minimum atomic E-state index is -4.18. The quantitative estimate of drug-likeness (QED) is 0.588. The van der Waals surface area contributed by atoms with Gasteiger partial charge in [0.1, 0.15) is 5.82 Å². The molecule has 1 amide bonds. The number of aryl methyl sites for hydroxylation is 1. The Morgan fingerprint density at radius 1 is 1.12 bits per heavy atom. The van der Waals surface area contributed by atoms with E-state index in [-0.39, 0.29) is 10.8 Å². The minimum Gasteiger partial charge on any atom is -0.378 e. The Morgan fingerprint density at radius 2 is 1.91 bits per heavy atom. The third-order valence-corrected chi connectivity index (χ3v) is 7.63. The number of rotatable bonds is 5. The lowest BCUT2D eigenvalue weighted by Crippen LogP contribution is -2.40. The van der Waals surface area contributed by atoms with Gasteiger partial charge in [0.05, 0.1) is 29.3 Å². The fraction of sp³-hybridized carbons (Fsp3) is 0.348. The van der Waals surface area contributed by atoms with Gasteiger partial charge in [-0.05, 0) is 49.6 Å². The van der Waals surface area contributed by atoms with Crippen molar-refractivity contribution in [3.63, 3.8) is 0 Å². The molecule has 1 aliphatic carbocycles. The number of morpholine rings is 1. The summed E-state index contributed by atoms with van der Waals surface area (Å²) in [5.74, 6) is -0.0392. The van der Waals surface area contributed by atoms with Crippen LogP contribution >= 0.6 is 0 Å². The second-order valence-corrected chi connectivity index (χ2v) is 9.89. The minimum absolute atomic E-state index is 0.0706. The van der Waals surface area contributed by atoms with Gasteiger partial charge in [0.2, 0.25) is 5.91 Å². The average molecular weight is 453 g/mol. The smallest absolute Gasteiger partial charge is 0.271 e. The molecule has 2 aliphatic rings. The third-order valence-electron chi connectivity index (χ3n) is 5.86. The van der Waals surface area contributed by atoms with Gasteiger partial charge in [-0.2, -0.15) is 0 Å². The molecule has 5 rings (SSSR count). The highest BCUT2D eigenvalue weighted by atomic mass is 32.2. The van der Waals surface area contributed by atoms with E-state index >= 15 is 0 Å². The van der Waals surface area contributed by atoms with Crippen molar-refractivity contribution in [1.82, 2.24) is 9.97 Å². The molecule has 0 radical (unpaired) electrons. The molecule has 1 aromatic carbocycles. The molecule has 3 heterocycles. The summed E-state index contributed by atoms with van der Waals surface area (Å²) < 4.78 is 34.4. The maximum absolute atomic E-state index is 14.0. The largest absolute Gasteiger partial charge is 0.378 e.